The Labute approximate surface area is 137 Å². The summed E-state index contributed by atoms with van der Waals surface area (Å²) in [5.41, 5.74) is 0.966. The third kappa shape index (κ3) is 3.75. The second-order valence-electron chi connectivity index (χ2n) is 6.71. The van der Waals surface area contributed by atoms with Gasteiger partial charge in [0, 0.05) is 18.5 Å². The summed E-state index contributed by atoms with van der Waals surface area (Å²) in [6.07, 6.45) is 6.45. The summed E-state index contributed by atoms with van der Waals surface area (Å²) >= 11 is 0. The molecule has 0 radical (unpaired) electrons. The molecule has 1 saturated heterocycles. The average molecular weight is 315 g/mol. The Kier molecular flexibility index (Phi) is 5.01. The van der Waals surface area contributed by atoms with Crippen molar-refractivity contribution in [3.05, 3.63) is 47.7 Å². The summed E-state index contributed by atoms with van der Waals surface area (Å²) < 4.78 is 5.52. The lowest BCUT2D eigenvalue weighted by atomic mass is 9.75. The summed E-state index contributed by atoms with van der Waals surface area (Å²) in [5.74, 6) is 0.472. The first kappa shape index (κ1) is 16.1. The van der Waals surface area contributed by atoms with E-state index in [0.29, 0.717) is 18.9 Å². The molecular formula is C19H25NO3. The normalized spacial score (nSPS) is 24.7. The molecule has 0 saturated carbocycles. The summed E-state index contributed by atoms with van der Waals surface area (Å²) in [6, 6.07) is 10.2. The molecule has 0 spiro atoms. The van der Waals surface area contributed by atoms with E-state index in [4.69, 9.17) is 4.74 Å². The number of hydrogen-bond donors (Lipinski definition) is 1. The predicted octanol–water partition coefficient (Wildman–Crippen LogP) is 2.52. The lowest BCUT2D eigenvalue weighted by Crippen LogP contribution is -2.49. The van der Waals surface area contributed by atoms with E-state index in [9.17, 15) is 9.90 Å². The highest BCUT2D eigenvalue weighted by Crippen LogP contribution is 2.34. The van der Waals surface area contributed by atoms with Gasteiger partial charge in [-0.15, -0.1) is 0 Å². The molecular weight excluding hydrogens is 290 g/mol. The van der Waals surface area contributed by atoms with Gasteiger partial charge in [0.1, 0.15) is 0 Å². The number of carbonyl (C=O) groups is 1. The number of benzene rings is 1. The van der Waals surface area contributed by atoms with Crippen LogP contribution >= 0.6 is 0 Å². The maximum atomic E-state index is 12.7. The third-order valence-electron chi connectivity index (χ3n) is 4.85. The molecule has 1 amide bonds. The summed E-state index contributed by atoms with van der Waals surface area (Å²) in [7, 11) is 0. The van der Waals surface area contributed by atoms with Gasteiger partial charge < -0.3 is 14.7 Å². The first-order valence-corrected chi connectivity index (χ1v) is 8.49. The van der Waals surface area contributed by atoms with Crippen molar-refractivity contribution in [3.63, 3.8) is 0 Å². The number of piperidine rings is 1. The standard InChI is InChI=1S/C19H25NO3/c21-15-19(13-16-7-2-1-3-8-16)10-6-11-20(14-19)18(22)17-9-4-5-12-23-17/h1-3,7-9,21H,4-6,10-15H2. The molecule has 1 unspecified atom stereocenters. The zero-order valence-corrected chi connectivity index (χ0v) is 13.5. The van der Waals surface area contributed by atoms with E-state index < -0.39 is 0 Å². The van der Waals surface area contributed by atoms with Gasteiger partial charge in [0.15, 0.2) is 5.76 Å². The van der Waals surface area contributed by atoms with E-state index in [2.05, 4.69) is 12.1 Å². The van der Waals surface area contributed by atoms with Gasteiger partial charge in [-0.3, -0.25) is 4.79 Å². The Morgan fingerprint density at radius 3 is 2.78 bits per heavy atom. The van der Waals surface area contributed by atoms with Gasteiger partial charge in [-0.05, 0) is 43.7 Å². The van der Waals surface area contributed by atoms with Crippen LogP contribution in [0.2, 0.25) is 0 Å². The van der Waals surface area contributed by atoms with Crippen molar-refractivity contribution in [1.82, 2.24) is 4.90 Å². The fourth-order valence-corrected chi connectivity index (χ4v) is 3.60. The maximum Gasteiger partial charge on any atom is 0.288 e. The Morgan fingerprint density at radius 1 is 1.26 bits per heavy atom. The Hall–Kier alpha value is -1.81. The van der Waals surface area contributed by atoms with Crippen molar-refractivity contribution in [3.8, 4) is 0 Å². The quantitative estimate of drug-likeness (QED) is 0.929. The average Bonchev–Trinajstić information content (AvgIpc) is 2.63. The number of rotatable bonds is 4. The molecule has 0 aromatic heterocycles. The van der Waals surface area contributed by atoms with Crippen molar-refractivity contribution in [2.75, 3.05) is 26.3 Å². The molecule has 0 aliphatic carbocycles. The molecule has 4 heteroatoms. The SMILES string of the molecule is O=C(C1=CCCCO1)N1CCCC(CO)(Cc2ccccc2)C1. The Bertz CT molecular complexity index is 569. The van der Waals surface area contributed by atoms with Crippen LogP contribution < -0.4 is 0 Å². The monoisotopic (exact) mass is 315 g/mol. The molecule has 1 fully saturated rings. The second kappa shape index (κ2) is 7.18. The first-order valence-electron chi connectivity index (χ1n) is 8.49. The van der Waals surface area contributed by atoms with Gasteiger partial charge in [-0.25, -0.2) is 0 Å². The minimum Gasteiger partial charge on any atom is -0.488 e. The molecule has 4 nitrogen and oxygen atoms in total. The summed E-state index contributed by atoms with van der Waals surface area (Å²) in [4.78, 5) is 14.5. The van der Waals surface area contributed by atoms with Crippen LogP contribution in [0, 0.1) is 5.41 Å². The Balaban J connectivity index is 1.72. The number of likely N-dealkylation sites (tertiary alicyclic amines) is 1. The van der Waals surface area contributed by atoms with Crippen LogP contribution in [0.5, 0.6) is 0 Å². The molecule has 2 aliphatic heterocycles. The topological polar surface area (TPSA) is 49.8 Å². The number of amides is 1. The number of nitrogens with zero attached hydrogens (tertiary/aromatic N) is 1. The van der Waals surface area contributed by atoms with Crippen LogP contribution in [-0.2, 0) is 16.0 Å². The van der Waals surface area contributed by atoms with Gasteiger partial charge in [0.2, 0.25) is 0 Å². The van der Waals surface area contributed by atoms with E-state index in [-0.39, 0.29) is 17.9 Å². The second-order valence-corrected chi connectivity index (χ2v) is 6.71. The van der Waals surface area contributed by atoms with Crippen molar-refractivity contribution in [2.24, 2.45) is 5.41 Å². The molecule has 1 N–H and O–H groups in total. The van der Waals surface area contributed by atoms with Crippen LogP contribution in [-0.4, -0.2) is 42.2 Å². The van der Waals surface area contributed by atoms with Gasteiger partial charge in [-0.1, -0.05) is 30.3 Å². The van der Waals surface area contributed by atoms with E-state index in [1.54, 1.807) is 0 Å². The zero-order chi connectivity index (χ0) is 16.1. The molecule has 2 heterocycles. The van der Waals surface area contributed by atoms with E-state index in [1.807, 2.05) is 29.2 Å². The van der Waals surface area contributed by atoms with Gasteiger partial charge in [0.25, 0.3) is 5.91 Å². The van der Waals surface area contributed by atoms with Gasteiger partial charge in [0.05, 0.1) is 13.2 Å². The molecule has 124 valence electrons. The molecule has 23 heavy (non-hydrogen) atoms. The van der Waals surface area contributed by atoms with Gasteiger partial charge in [-0.2, -0.15) is 0 Å². The highest BCUT2D eigenvalue weighted by molar-refractivity contribution is 5.91. The van der Waals surface area contributed by atoms with Crippen LogP contribution in [0.1, 0.15) is 31.2 Å². The van der Waals surface area contributed by atoms with Crippen LogP contribution in [0.4, 0.5) is 0 Å². The largest absolute Gasteiger partial charge is 0.488 e. The number of hydrogen-bond acceptors (Lipinski definition) is 3. The smallest absolute Gasteiger partial charge is 0.288 e. The van der Waals surface area contributed by atoms with E-state index in [1.165, 1.54) is 5.56 Å². The molecule has 2 aliphatic rings. The Morgan fingerprint density at radius 2 is 2.09 bits per heavy atom. The molecule has 1 aromatic rings. The lowest BCUT2D eigenvalue weighted by molar-refractivity contribution is -0.135. The molecule has 1 aromatic carbocycles. The molecule has 3 rings (SSSR count). The van der Waals surface area contributed by atoms with Crippen molar-refractivity contribution in [1.29, 1.82) is 0 Å². The van der Waals surface area contributed by atoms with Crippen molar-refractivity contribution < 1.29 is 14.6 Å². The van der Waals surface area contributed by atoms with Crippen molar-refractivity contribution >= 4 is 5.91 Å². The van der Waals surface area contributed by atoms with E-state index in [0.717, 1.165) is 38.6 Å². The number of aliphatic hydroxyl groups is 1. The number of allylic oxidation sites excluding steroid dienone is 1. The number of ether oxygens (including phenoxy) is 1. The maximum absolute atomic E-state index is 12.7. The highest BCUT2D eigenvalue weighted by atomic mass is 16.5. The number of aliphatic hydroxyl groups excluding tert-OH is 1. The van der Waals surface area contributed by atoms with Crippen molar-refractivity contribution in [2.45, 2.75) is 32.1 Å². The van der Waals surface area contributed by atoms with Crippen LogP contribution in [0.25, 0.3) is 0 Å². The summed E-state index contributed by atoms with van der Waals surface area (Å²) in [5, 5.41) is 10.0. The van der Waals surface area contributed by atoms with Crippen LogP contribution in [0.15, 0.2) is 42.2 Å². The minimum atomic E-state index is -0.246. The lowest BCUT2D eigenvalue weighted by Gasteiger charge is -2.42. The highest BCUT2D eigenvalue weighted by Gasteiger charge is 2.38. The third-order valence-corrected chi connectivity index (χ3v) is 4.85. The molecule has 0 bridgehead atoms. The minimum absolute atomic E-state index is 0.0183. The summed E-state index contributed by atoms with van der Waals surface area (Å²) in [6.45, 7) is 2.07. The molecule has 1 atom stereocenters. The predicted molar refractivity (Wildman–Crippen MR) is 88.7 cm³/mol. The zero-order valence-electron chi connectivity index (χ0n) is 13.5. The van der Waals surface area contributed by atoms with Crippen LogP contribution in [0.3, 0.4) is 0 Å². The number of carbonyl (C=O) groups excluding carboxylic acids is 1. The van der Waals surface area contributed by atoms with Gasteiger partial charge >= 0.3 is 0 Å². The van der Waals surface area contributed by atoms with E-state index >= 15 is 0 Å². The fourth-order valence-electron chi connectivity index (χ4n) is 3.60. The fraction of sp³-hybridized carbons (Fsp3) is 0.526. The first-order chi connectivity index (χ1) is 11.2.